The quantitative estimate of drug-likeness (QED) is 0.753. The number of rotatable bonds is 1. The van der Waals surface area contributed by atoms with Crippen LogP contribution in [0.2, 0.25) is 0 Å². The molecule has 1 aliphatic heterocycles. The van der Waals surface area contributed by atoms with Crippen molar-refractivity contribution in [1.82, 2.24) is 9.78 Å². The molecule has 2 aliphatic rings. The molecular weight excluding hydrogens is 238 g/mol. The Labute approximate surface area is 100.0 Å². The van der Waals surface area contributed by atoms with E-state index >= 15 is 0 Å². The molecule has 1 aliphatic carbocycles. The summed E-state index contributed by atoms with van der Waals surface area (Å²) in [5.41, 5.74) is 1.70. The Bertz CT molecular complexity index is 603. The molecular formula is C11H13N3O2S. The van der Waals surface area contributed by atoms with Crippen LogP contribution in [-0.2, 0) is 21.3 Å². The summed E-state index contributed by atoms with van der Waals surface area (Å²) < 4.78 is 25.1. The lowest BCUT2D eigenvalue weighted by molar-refractivity contribution is 0.454. The first kappa shape index (κ1) is 10.8. The third-order valence-corrected chi connectivity index (χ3v) is 5.06. The summed E-state index contributed by atoms with van der Waals surface area (Å²) in [6.45, 7) is 0. The van der Waals surface area contributed by atoms with E-state index in [1.54, 1.807) is 0 Å². The number of nitrogens with zero attached hydrogens (tertiary/aromatic N) is 3. The maximum absolute atomic E-state index is 11.6. The van der Waals surface area contributed by atoms with Crippen molar-refractivity contribution in [2.24, 2.45) is 0 Å². The van der Waals surface area contributed by atoms with E-state index in [2.05, 4.69) is 5.10 Å². The normalized spacial score (nSPS) is 22.5. The average Bonchev–Trinajstić information content (AvgIpc) is 2.91. The molecule has 1 aromatic heterocycles. The average molecular weight is 251 g/mol. The van der Waals surface area contributed by atoms with Gasteiger partial charge in [0.25, 0.3) is 0 Å². The Morgan fingerprint density at radius 1 is 1.29 bits per heavy atom. The molecule has 3 rings (SSSR count). The Morgan fingerprint density at radius 2 is 2.00 bits per heavy atom. The molecule has 0 aromatic carbocycles. The zero-order valence-corrected chi connectivity index (χ0v) is 10.2. The number of hydrogen-bond acceptors (Lipinski definition) is 4. The molecule has 1 aromatic rings. The minimum absolute atomic E-state index is 0.0159. The van der Waals surface area contributed by atoms with Gasteiger partial charge in [-0.3, -0.25) is 4.68 Å². The highest BCUT2D eigenvalue weighted by molar-refractivity contribution is 7.90. The maximum Gasteiger partial charge on any atom is 0.167 e. The van der Waals surface area contributed by atoms with Crippen LogP contribution in [0.5, 0.6) is 0 Å². The van der Waals surface area contributed by atoms with E-state index in [0.29, 0.717) is 17.3 Å². The van der Waals surface area contributed by atoms with Gasteiger partial charge in [0.1, 0.15) is 6.07 Å². The van der Waals surface area contributed by atoms with Gasteiger partial charge < -0.3 is 0 Å². The molecule has 0 radical (unpaired) electrons. The van der Waals surface area contributed by atoms with Crippen LogP contribution in [0, 0.1) is 11.3 Å². The van der Waals surface area contributed by atoms with Crippen LogP contribution in [0.25, 0.3) is 0 Å². The van der Waals surface area contributed by atoms with Crippen LogP contribution in [0.3, 0.4) is 0 Å². The smallest absolute Gasteiger partial charge is 0.167 e. The van der Waals surface area contributed by atoms with Gasteiger partial charge in [-0.05, 0) is 12.8 Å². The number of hydrogen-bond donors (Lipinski definition) is 0. The van der Waals surface area contributed by atoms with E-state index in [0.717, 1.165) is 31.4 Å². The summed E-state index contributed by atoms with van der Waals surface area (Å²) in [6.07, 6.45) is 4.40. The zero-order chi connectivity index (χ0) is 12.0. The number of sulfone groups is 1. The molecule has 0 amide bonds. The van der Waals surface area contributed by atoms with E-state index < -0.39 is 9.84 Å². The molecule has 0 unspecified atom stereocenters. The first-order chi connectivity index (χ1) is 8.11. The number of fused-ring (bicyclic) bond motifs is 1. The van der Waals surface area contributed by atoms with Crippen molar-refractivity contribution in [2.45, 2.75) is 43.2 Å². The van der Waals surface area contributed by atoms with Crippen LogP contribution >= 0.6 is 0 Å². The molecule has 90 valence electrons. The molecule has 5 nitrogen and oxygen atoms in total. The highest BCUT2D eigenvalue weighted by atomic mass is 32.2. The summed E-state index contributed by atoms with van der Waals surface area (Å²) >= 11 is 0. The Hall–Kier alpha value is -1.35. The topological polar surface area (TPSA) is 75.8 Å². The molecule has 1 fully saturated rings. The molecule has 17 heavy (non-hydrogen) atoms. The highest BCUT2D eigenvalue weighted by Gasteiger charge is 2.34. The summed E-state index contributed by atoms with van der Waals surface area (Å²) in [5, 5.41) is 13.3. The standard InChI is InChI=1S/C11H13N3O2S/c12-5-10-9-6-17(15,16)7-11(9)14(13-10)8-3-1-2-4-8/h8H,1-4,6-7H2. The summed E-state index contributed by atoms with van der Waals surface area (Å²) in [6, 6.07) is 2.30. The molecule has 0 N–H and O–H groups in total. The maximum atomic E-state index is 11.6. The predicted molar refractivity (Wildman–Crippen MR) is 60.8 cm³/mol. The van der Waals surface area contributed by atoms with Gasteiger partial charge in [0.2, 0.25) is 0 Å². The first-order valence-electron chi connectivity index (χ1n) is 5.81. The van der Waals surface area contributed by atoms with Gasteiger partial charge in [-0.1, -0.05) is 12.8 Å². The molecule has 0 spiro atoms. The highest BCUT2D eigenvalue weighted by Crippen LogP contribution is 2.35. The first-order valence-corrected chi connectivity index (χ1v) is 7.63. The van der Waals surface area contributed by atoms with Crippen molar-refractivity contribution in [2.75, 3.05) is 0 Å². The summed E-state index contributed by atoms with van der Waals surface area (Å²) in [5.74, 6) is 0.0332. The minimum Gasteiger partial charge on any atom is -0.264 e. The third-order valence-electron chi connectivity index (χ3n) is 3.62. The van der Waals surface area contributed by atoms with Crippen LogP contribution in [-0.4, -0.2) is 18.2 Å². The lowest BCUT2D eigenvalue weighted by Crippen LogP contribution is -2.11. The van der Waals surface area contributed by atoms with Crippen molar-refractivity contribution in [3.05, 3.63) is 17.0 Å². The fraction of sp³-hybridized carbons (Fsp3) is 0.636. The van der Waals surface area contributed by atoms with E-state index in [9.17, 15) is 8.42 Å². The van der Waals surface area contributed by atoms with E-state index in [1.165, 1.54) is 0 Å². The van der Waals surface area contributed by atoms with Crippen LogP contribution in [0.1, 0.15) is 48.7 Å². The van der Waals surface area contributed by atoms with E-state index in [1.807, 2.05) is 10.8 Å². The SMILES string of the molecule is N#Cc1nn(C2CCCC2)c2c1CS(=O)(=O)C2. The third kappa shape index (κ3) is 1.65. The molecule has 2 heterocycles. The van der Waals surface area contributed by atoms with E-state index in [4.69, 9.17) is 5.26 Å². The molecule has 0 bridgehead atoms. The zero-order valence-electron chi connectivity index (χ0n) is 9.39. The van der Waals surface area contributed by atoms with Gasteiger partial charge in [-0.15, -0.1) is 0 Å². The van der Waals surface area contributed by atoms with Gasteiger partial charge in [-0.2, -0.15) is 10.4 Å². The fourth-order valence-corrected chi connectivity index (χ4v) is 4.40. The van der Waals surface area contributed by atoms with Crippen molar-refractivity contribution in [3.63, 3.8) is 0 Å². The predicted octanol–water partition coefficient (Wildman–Crippen LogP) is 1.30. The minimum atomic E-state index is -3.06. The van der Waals surface area contributed by atoms with Gasteiger partial charge >= 0.3 is 0 Å². The summed E-state index contributed by atoms with van der Waals surface area (Å²) in [7, 11) is -3.06. The summed E-state index contributed by atoms with van der Waals surface area (Å²) in [4.78, 5) is 0. The molecule has 6 heteroatoms. The van der Waals surface area contributed by atoms with Crippen LogP contribution in [0.15, 0.2) is 0 Å². The van der Waals surface area contributed by atoms with Crippen molar-refractivity contribution >= 4 is 9.84 Å². The monoisotopic (exact) mass is 251 g/mol. The van der Waals surface area contributed by atoms with Gasteiger partial charge in [0.05, 0.1) is 23.2 Å². The van der Waals surface area contributed by atoms with Gasteiger partial charge in [-0.25, -0.2) is 8.42 Å². The van der Waals surface area contributed by atoms with E-state index in [-0.39, 0.29) is 11.5 Å². The second-order valence-electron chi connectivity index (χ2n) is 4.80. The van der Waals surface area contributed by atoms with Crippen LogP contribution < -0.4 is 0 Å². The second-order valence-corrected chi connectivity index (χ2v) is 6.87. The van der Waals surface area contributed by atoms with Gasteiger partial charge in [0, 0.05) is 5.56 Å². The second kappa shape index (κ2) is 3.57. The van der Waals surface area contributed by atoms with Crippen molar-refractivity contribution in [1.29, 1.82) is 5.26 Å². The fourth-order valence-electron chi connectivity index (χ4n) is 2.83. The largest absolute Gasteiger partial charge is 0.264 e. The lowest BCUT2D eigenvalue weighted by atomic mass is 10.2. The van der Waals surface area contributed by atoms with Gasteiger partial charge in [0.15, 0.2) is 15.5 Å². The number of nitriles is 1. The van der Waals surface area contributed by atoms with Crippen molar-refractivity contribution in [3.8, 4) is 6.07 Å². The molecule has 0 saturated heterocycles. The molecule has 0 atom stereocenters. The molecule has 1 saturated carbocycles. The van der Waals surface area contributed by atoms with Crippen LogP contribution in [0.4, 0.5) is 0 Å². The Balaban J connectivity index is 2.10. The Morgan fingerprint density at radius 3 is 2.65 bits per heavy atom. The van der Waals surface area contributed by atoms with Crippen molar-refractivity contribution < 1.29 is 8.42 Å². The lowest BCUT2D eigenvalue weighted by Gasteiger charge is -2.12. The number of aromatic nitrogens is 2. The Kier molecular flexibility index (Phi) is 2.26.